The lowest BCUT2D eigenvalue weighted by Gasteiger charge is -2.07. The third-order valence-corrected chi connectivity index (χ3v) is 2.83. The maximum atomic E-state index is 13.2. The number of benzene rings is 1. The summed E-state index contributed by atoms with van der Waals surface area (Å²) >= 11 is 0. The van der Waals surface area contributed by atoms with Gasteiger partial charge in [0.1, 0.15) is 11.4 Å². The molecule has 0 aliphatic rings. The Hall–Kier alpha value is -3.03. The third-order valence-electron chi connectivity index (χ3n) is 2.83. The molecule has 0 amide bonds. The summed E-state index contributed by atoms with van der Waals surface area (Å²) in [7, 11) is 0. The molecule has 0 saturated carbocycles. The van der Waals surface area contributed by atoms with Gasteiger partial charge in [-0.15, -0.1) is 0 Å². The summed E-state index contributed by atoms with van der Waals surface area (Å²) in [5.74, 6) is -2.08. The minimum atomic E-state index is -1.40. The topological polar surface area (TPSA) is 102 Å². The van der Waals surface area contributed by atoms with Gasteiger partial charge in [-0.05, 0) is 24.3 Å². The highest BCUT2D eigenvalue weighted by Gasteiger charge is 2.17. The van der Waals surface area contributed by atoms with Gasteiger partial charge in [-0.3, -0.25) is 14.9 Å². The Morgan fingerprint density at radius 1 is 1.38 bits per heavy atom. The van der Waals surface area contributed by atoms with Crippen molar-refractivity contribution >= 4 is 11.7 Å². The van der Waals surface area contributed by atoms with Crippen molar-refractivity contribution in [3.05, 3.63) is 73.9 Å². The van der Waals surface area contributed by atoms with Crippen LogP contribution in [0.15, 0.2) is 41.3 Å². The van der Waals surface area contributed by atoms with Crippen LogP contribution in [-0.4, -0.2) is 20.6 Å². The highest BCUT2D eigenvalue weighted by atomic mass is 19.1. The predicted molar refractivity (Wildman–Crippen MR) is 69.8 cm³/mol. The summed E-state index contributed by atoms with van der Waals surface area (Å²) in [6, 6.07) is 5.34. The summed E-state index contributed by atoms with van der Waals surface area (Å²) < 4.78 is 14.2. The van der Waals surface area contributed by atoms with Crippen molar-refractivity contribution in [2.45, 2.75) is 6.54 Å². The van der Waals surface area contributed by atoms with Crippen LogP contribution in [-0.2, 0) is 6.54 Å². The van der Waals surface area contributed by atoms with Crippen LogP contribution in [0.4, 0.5) is 10.1 Å². The first-order valence-corrected chi connectivity index (χ1v) is 5.75. The van der Waals surface area contributed by atoms with Gasteiger partial charge in [0.15, 0.2) is 0 Å². The number of hydrogen-bond donors (Lipinski definition) is 1. The van der Waals surface area contributed by atoms with Gasteiger partial charge in [0, 0.05) is 12.3 Å². The van der Waals surface area contributed by atoms with E-state index in [1.807, 2.05) is 0 Å². The molecular weight excluding hydrogens is 283 g/mol. The van der Waals surface area contributed by atoms with Crippen LogP contribution >= 0.6 is 0 Å². The Bertz CT molecular complexity index is 784. The lowest BCUT2D eigenvalue weighted by molar-refractivity contribution is -0.385. The number of aromatic carboxylic acids is 1. The number of pyridine rings is 1. The van der Waals surface area contributed by atoms with E-state index in [-0.39, 0.29) is 17.8 Å². The molecule has 1 heterocycles. The van der Waals surface area contributed by atoms with Gasteiger partial charge in [-0.25, -0.2) is 9.18 Å². The van der Waals surface area contributed by atoms with Crippen molar-refractivity contribution < 1.29 is 19.2 Å². The number of nitro groups is 1. The zero-order valence-corrected chi connectivity index (χ0v) is 10.5. The van der Waals surface area contributed by atoms with E-state index in [1.54, 1.807) is 0 Å². The molecule has 108 valence electrons. The quantitative estimate of drug-likeness (QED) is 0.681. The Kier molecular flexibility index (Phi) is 3.79. The first kappa shape index (κ1) is 14.4. The van der Waals surface area contributed by atoms with Crippen LogP contribution in [0.3, 0.4) is 0 Å². The summed E-state index contributed by atoms with van der Waals surface area (Å²) in [6.07, 6.45) is 1.28. The fraction of sp³-hybridized carbons (Fsp3) is 0.0769. The molecule has 0 aliphatic carbocycles. The van der Waals surface area contributed by atoms with E-state index in [2.05, 4.69) is 0 Å². The number of nitrogens with zero attached hydrogens (tertiary/aromatic N) is 2. The molecule has 7 nitrogen and oxygen atoms in total. The Labute approximate surface area is 117 Å². The number of carbonyl (C=O) groups is 1. The zero-order valence-electron chi connectivity index (χ0n) is 10.5. The molecule has 0 bridgehead atoms. The van der Waals surface area contributed by atoms with Crippen molar-refractivity contribution in [3.8, 4) is 0 Å². The summed E-state index contributed by atoms with van der Waals surface area (Å²) in [6.45, 7) is -0.298. The maximum Gasteiger partial charge on any atom is 0.341 e. The molecule has 0 saturated heterocycles. The lowest BCUT2D eigenvalue weighted by Crippen LogP contribution is -2.26. The van der Waals surface area contributed by atoms with Crippen LogP contribution in [0.25, 0.3) is 0 Å². The van der Waals surface area contributed by atoms with E-state index >= 15 is 0 Å². The van der Waals surface area contributed by atoms with Crippen molar-refractivity contribution in [1.82, 2.24) is 4.57 Å². The molecule has 1 aromatic carbocycles. The molecule has 1 aromatic heterocycles. The molecule has 2 rings (SSSR count). The van der Waals surface area contributed by atoms with Crippen molar-refractivity contribution in [2.75, 3.05) is 0 Å². The largest absolute Gasteiger partial charge is 0.477 e. The van der Waals surface area contributed by atoms with E-state index in [1.165, 1.54) is 12.3 Å². The molecule has 0 radical (unpaired) electrons. The highest BCUT2D eigenvalue weighted by molar-refractivity contribution is 5.86. The molecule has 0 fully saturated rings. The molecule has 1 N–H and O–H groups in total. The molecule has 8 heteroatoms. The smallest absolute Gasteiger partial charge is 0.341 e. The highest BCUT2D eigenvalue weighted by Crippen LogP contribution is 2.20. The van der Waals surface area contributed by atoms with E-state index in [0.717, 1.165) is 28.8 Å². The molecule has 0 atom stereocenters. The Morgan fingerprint density at radius 3 is 2.71 bits per heavy atom. The SMILES string of the molecule is O=C(O)c1cccn(Cc2cc(F)ccc2[N+](=O)[O-])c1=O. The van der Waals surface area contributed by atoms with Gasteiger partial charge in [-0.1, -0.05) is 0 Å². The molecule has 0 spiro atoms. The van der Waals surface area contributed by atoms with Gasteiger partial charge in [-0.2, -0.15) is 0 Å². The zero-order chi connectivity index (χ0) is 15.6. The standard InChI is InChI=1S/C13H9FN2O5/c14-9-3-4-11(16(20)21)8(6-9)7-15-5-1-2-10(12(15)17)13(18)19/h1-6H,7H2,(H,18,19). The van der Waals surface area contributed by atoms with Crippen LogP contribution < -0.4 is 5.56 Å². The molecular formula is C13H9FN2O5. The normalized spacial score (nSPS) is 10.3. The maximum absolute atomic E-state index is 13.2. The predicted octanol–water partition coefficient (Wildman–Crippen LogP) is 1.64. The monoisotopic (exact) mass is 292 g/mol. The van der Waals surface area contributed by atoms with E-state index in [0.29, 0.717) is 0 Å². The van der Waals surface area contributed by atoms with E-state index in [9.17, 15) is 24.1 Å². The fourth-order valence-corrected chi connectivity index (χ4v) is 1.87. The van der Waals surface area contributed by atoms with E-state index in [4.69, 9.17) is 5.11 Å². The van der Waals surface area contributed by atoms with Gasteiger partial charge >= 0.3 is 5.97 Å². The summed E-state index contributed by atoms with van der Waals surface area (Å²) in [5.41, 5.74) is -1.64. The van der Waals surface area contributed by atoms with Crippen LogP contribution in [0, 0.1) is 15.9 Å². The Morgan fingerprint density at radius 2 is 2.10 bits per heavy atom. The minimum absolute atomic E-state index is 0.0235. The number of aromatic nitrogens is 1. The Balaban J connectivity index is 2.51. The van der Waals surface area contributed by atoms with Gasteiger partial charge in [0.2, 0.25) is 0 Å². The number of hydrogen-bond acceptors (Lipinski definition) is 4. The molecule has 0 aliphatic heterocycles. The first-order chi connectivity index (χ1) is 9.90. The average Bonchev–Trinajstić information content (AvgIpc) is 2.40. The lowest BCUT2D eigenvalue weighted by atomic mass is 10.1. The van der Waals surface area contributed by atoms with Gasteiger partial charge in [0.05, 0.1) is 17.0 Å². The fourth-order valence-electron chi connectivity index (χ4n) is 1.87. The third kappa shape index (κ3) is 2.94. The van der Waals surface area contributed by atoms with Crippen molar-refractivity contribution in [1.29, 1.82) is 0 Å². The van der Waals surface area contributed by atoms with Crippen LogP contribution in [0.5, 0.6) is 0 Å². The molecule has 2 aromatic rings. The van der Waals surface area contributed by atoms with Crippen LogP contribution in [0.1, 0.15) is 15.9 Å². The van der Waals surface area contributed by atoms with E-state index < -0.39 is 27.8 Å². The van der Waals surface area contributed by atoms with Gasteiger partial charge in [0.25, 0.3) is 11.2 Å². The second-order valence-corrected chi connectivity index (χ2v) is 4.19. The van der Waals surface area contributed by atoms with Crippen LogP contribution in [0.2, 0.25) is 0 Å². The van der Waals surface area contributed by atoms with Crippen molar-refractivity contribution in [2.24, 2.45) is 0 Å². The molecule has 0 unspecified atom stereocenters. The summed E-state index contributed by atoms with van der Waals surface area (Å²) in [5, 5.41) is 19.7. The van der Waals surface area contributed by atoms with Gasteiger partial charge < -0.3 is 9.67 Å². The summed E-state index contributed by atoms with van der Waals surface area (Å²) in [4.78, 5) is 33.0. The number of halogens is 1. The average molecular weight is 292 g/mol. The second kappa shape index (κ2) is 5.53. The first-order valence-electron chi connectivity index (χ1n) is 5.75. The number of nitro benzene ring substituents is 1. The number of carboxylic acids is 1. The minimum Gasteiger partial charge on any atom is -0.477 e. The number of carboxylic acid groups (broad SMARTS) is 1. The van der Waals surface area contributed by atoms with Crippen molar-refractivity contribution in [3.63, 3.8) is 0 Å². The molecule has 21 heavy (non-hydrogen) atoms. The second-order valence-electron chi connectivity index (χ2n) is 4.19. The number of rotatable bonds is 4.